The van der Waals surface area contributed by atoms with Crippen LogP contribution >= 0.6 is 7.82 Å². The Labute approximate surface area is 165 Å². The molecule has 0 heterocycles. The van der Waals surface area contributed by atoms with Gasteiger partial charge in [0.15, 0.2) is 0 Å². The minimum Gasteiger partial charge on any atom is -0.432 e. The molecule has 0 amide bonds. The molecule has 0 atom stereocenters. The number of carbonyl (C=O) groups is 1. The summed E-state index contributed by atoms with van der Waals surface area (Å²) in [5.41, 5.74) is 1.52. The molecule has 2 aromatic rings. The van der Waals surface area contributed by atoms with E-state index in [4.69, 9.17) is 18.5 Å². The van der Waals surface area contributed by atoms with Gasteiger partial charge in [0, 0.05) is 0 Å². The summed E-state index contributed by atoms with van der Waals surface area (Å²) in [6.07, 6.45) is 1.53. The van der Waals surface area contributed by atoms with E-state index in [2.05, 4.69) is 4.89 Å². The van der Waals surface area contributed by atoms with Crippen LogP contribution in [0.2, 0.25) is 0 Å². The Morgan fingerprint density at radius 2 is 1.39 bits per heavy atom. The minimum absolute atomic E-state index is 0.0399. The second-order valence-corrected chi connectivity index (χ2v) is 7.49. The van der Waals surface area contributed by atoms with Gasteiger partial charge in [0.25, 0.3) is 0 Å². The van der Waals surface area contributed by atoms with E-state index < -0.39 is 14.0 Å². The lowest BCUT2D eigenvalue weighted by Crippen LogP contribution is -2.10. The molecule has 0 aliphatic heterocycles. The molecule has 0 aromatic heterocycles. The van der Waals surface area contributed by atoms with Crippen LogP contribution in [-0.4, -0.2) is 12.8 Å². The first kappa shape index (κ1) is 22.1. The van der Waals surface area contributed by atoms with Crippen molar-refractivity contribution in [3.05, 3.63) is 71.8 Å². The van der Waals surface area contributed by atoms with Gasteiger partial charge in [0.2, 0.25) is 0 Å². The average molecular weight is 408 g/mol. The molecule has 2 rings (SSSR count). The van der Waals surface area contributed by atoms with Crippen LogP contribution in [0.15, 0.2) is 60.7 Å². The van der Waals surface area contributed by atoms with E-state index >= 15 is 0 Å². The zero-order valence-corrected chi connectivity index (χ0v) is 16.7. The molecule has 0 unspecified atom stereocenters. The molecule has 0 aliphatic rings. The van der Waals surface area contributed by atoms with Crippen LogP contribution < -0.4 is 0 Å². The maximum Gasteiger partial charge on any atom is 0.540 e. The summed E-state index contributed by atoms with van der Waals surface area (Å²) < 4.78 is 33.0. The van der Waals surface area contributed by atoms with Crippen LogP contribution in [0, 0.1) is 0 Å². The fraction of sp³-hybridized carbons (Fsp3) is 0.350. The fourth-order valence-electron chi connectivity index (χ4n) is 2.14. The standard InChI is InChI=1S/C20H25O7P/c1-2-3-10-15-23-20(21)26-27-28(22,24-16-18-11-6-4-7-12-18)25-17-19-13-8-5-9-14-19/h4-9,11-14H,2-3,10,15-17H2,1H3. The molecule has 28 heavy (non-hydrogen) atoms. The van der Waals surface area contributed by atoms with Crippen LogP contribution in [0.5, 0.6) is 0 Å². The molecule has 0 saturated heterocycles. The van der Waals surface area contributed by atoms with Crippen molar-refractivity contribution < 1.29 is 32.7 Å². The largest absolute Gasteiger partial charge is 0.540 e. The Morgan fingerprint density at radius 1 is 0.857 bits per heavy atom. The molecule has 2 aromatic carbocycles. The summed E-state index contributed by atoms with van der Waals surface area (Å²) in [7, 11) is -4.17. The maximum atomic E-state index is 12.8. The van der Waals surface area contributed by atoms with Crippen molar-refractivity contribution in [2.24, 2.45) is 0 Å². The first-order valence-corrected chi connectivity index (χ1v) is 10.6. The van der Waals surface area contributed by atoms with E-state index in [1.807, 2.05) is 43.3 Å². The van der Waals surface area contributed by atoms with Crippen molar-refractivity contribution in [3.63, 3.8) is 0 Å². The molecular weight excluding hydrogens is 383 g/mol. The molecule has 8 heteroatoms. The summed E-state index contributed by atoms with van der Waals surface area (Å²) >= 11 is 0. The zero-order chi connectivity index (χ0) is 20.1. The Kier molecular flexibility index (Phi) is 9.72. The second kappa shape index (κ2) is 12.3. The van der Waals surface area contributed by atoms with Crippen LogP contribution in [0.1, 0.15) is 37.3 Å². The molecule has 0 saturated carbocycles. The SMILES string of the molecule is CCCCCOC(=O)OOP(=O)(OCc1ccccc1)OCc1ccccc1. The number of ether oxygens (including phenoxy) is 1. The zero-order valence-electron chi connectivity index (χ0n) is 15.8. The molecule has 0 N–H and O–H groups in total. The molecule has 7 nitrogen and oxygen atoms in total. The molecule has 0 aliphatic carbocycles. The Hall–Kier alpha value is -2.18. The van der Waals surface area contributed by atoms with Gasteiger partial charge < -0.3 is 4.74 Å². The Morgan fingerprint density at radius 3 is 1.89 bits per heavy atom. The summed E-state index contributed by atoms with van der Waals surface area (Å²) in [6, 6.07) is 18.2. The number of phosphoric ester groups is 1. The number of benzene rings is 2. The van der Waals surface area contributed by atoms with Gasteiger partial charge in [-0.25, -0.2) is 14.2 Å². The van der Waals surface area contributed by atoms with Crippen molar-refractivity contribution in [2.45, 2.75) is 39.4 Å². The van der Waals surface area contributed by atoms with Gasteiger partial charge in [0.1, 0.15) is 0 Å². The molecule has 152 valence electrons. The number of rotatable bonds is 12. The van der Waals surface area contributed by atoms with Gasteiger partial charge >= 0.3 is 14.0 Å². The highest BCUT2D eigenvalue weighted by Gasteiger charge is 2.31. The maximum absolute atomic E-state index is 12.8. The smallest absolute Gasteiger partial charge is 0.432 e. The van der Waals surface area contributed by atoms with Crippen molar-refractivity contribution in [1.29, 1.82) is 0 Å². The fourth-order valence-corrected chi connectivity index (χ4v) is 3.07. The lowest BCUT2D eigenvalue weighted by molar-refractivity contribution is -0.191. The third-order valence-electron chi connectivity index (χ3n) is 3.63. The summed E-state index contributed by atoms with van der Waals surface area (Å²) in [4.78, 5) is 16.1. The summed E-state index contributed by atoms with van der Waals surface area (Å²) in [6.45, 7) is 2.14. The highest BCUT2D eigenvalue weighted by Crippen LogP contribution is 2.51. The van der Waals surface area contributed by atoms with Gasteiger partial charge in [-0.2, -0.15) is 0 Å². The van der Waals surface area contributed by atoms with E-state index in [1.165, 1.54) is 0 Å². The van der Waals surface area contributed by atoms with Gasteiger partial charge in [-0.15, -0.1) is 0 Å². The van der Waals surface area contributed by atoms with Crippen LogP contribution in [-0.2, 0) is 41.1 Å². The van der Waals surface area contributed by atoms with Crippen LogP contribution in [0.25, 0.3) is 0 Å². The van der Waals surface area contributed by atoms with Gasteiger partial charge in [0.05, 0.1) is 19.8 Å². The molecule has 0 radical (unpaired) electrons. The van der Waals surface area contributed by atoms with Gasteiger partial charge in [-0.3, -0.25) is 9.05 Å². The normalized spacial score (nSPS) is 11.2. The number of hydrogen-bond acceptors (Lipinski definition) is 7. The predicted octanol–water partition coefficient (Wildman–Crippen LogP) is 5.80. The lowest BCUT2D eigenvalue weighted by Gasteiger charge is -2.16. The Balaban J connectivity index is 1.90. The number of carbonyl (C=O) groups excluding carboxylic acids is 1. The number of phosphoric acid groups is 1. The monoisotopic (exact) mass is 408 g/mol. The van der Waals surface area contributed by atoms with E-state index in [0.29, 0.717) is 6.42 Å². The number of hydrogen-bond donors (Lipinski definition) is 0. The van der Waals surface area contributed by atoms with E-state index in [9.17, 15) is 9.36 Å². The van der Waals surface area contributed by atoms with E-state index in [0.717, 1.165) is 24.0 Å². The molecule has 0 fully saturated rings. The van der Waals surface area contributed by atoms with Gasteiger partial charge in [-0.05, 0) is 17.5 Å². The highest BCUT2D eigenvalue weighted by atomic mass is 31.2. The van der Waals surface area contributed by atoms with Crippen molar-refractivity contribution >= 4 is 14.0 Å². The summed E-state index contributed by atoms with van der Waals surface area (Å²) in [5, 5.41) is 0. The molecule has 0 bridgehead atoms. The van der Waals surface area contributed by atoms with Crippen molar-refractivity contribution in [2.75, 3.05) is 6.61 Å². The second-order valence-electron chi connectivity index (χ2n) is 5.93. The first-order valence-electron chi connectivity index (χ1n) is 9.11. The third kappa shape index (κ3) is 8.67. The van der Waals surface area contributed by atoms with Crippen LogP contribution in [0.4, 0.5) is 4.79 Å². The van der Waals surface area contributed by atoms with E-state index in [-0.39, 0.29) is 19.8 Å². The molecule has 0 spiro atoms. The average Bonchev–Trinajstić information content (AvgIpc) is 2.74. The van der Waals surface area contributed by atoms with E-state index in [1.54, 1.807) is 24.3 Å². The molecular formula is C20H25O7P. The topological polar surface area (TPSA) is 80.3 Å². The summed E-state index contributed by atoms with van der Waals surface area (Å²) in [5.74, 6) is 0. The van der Waals surface area contributed by atoms with Crippen molar-refractivity contribution in [1.82, 2.24) is 0 Å². The predicted molar refractivity (Wildman–Crippen MR) is 103 cm³/mol. The highest BCUT2D eigenvalue weighted by molar-refractivity contribution is 7.48. The lowest BCUT2D eigenvalue weighted by atomic mass is 10.2. The quantitative estimate of drug-likeness (QED) is 0.144. The van der Waals surface area contributed by atoms with Crippen molar-refractivity contribution in [3.8, 4) is 0 Å². The first-order chi connectivity index (χ1) is 13.6. The van der Waals surface area contributed by atoms with Gasteiger partial charge in [-0.1, -0.05) is 85.1 Å². The number of unbranched alkanes of at least 4 members (excludes halogenated alkanes) is 2. The van der Waals surface area contributed by atoms with Crippen LogP contribution in [0.3, 0.4) is 0 Å². The third-order valence-corrected chi connectivity index (χ3v) is 4.78. The minimum atomic E-state index is -4.17. The Bertz CT molecular complexity index is 689.